The Morgan fingerprint density at radius 1 is 1.35 bits per heavy atom. The molecule has 5 heteroatoms. The minimum atomic E-state index is -0.991. The van der Waals surface area contributed by atoms with Gasteiger partial charge in [-0.25, -0.2) is 4.79 Å². The number of carbonyl (C=O) groups is 1. The number of aliphatic hydroxyl groups excluding tert-OH is 1. The van der Waals surface area contributed by atoms with Gasteiger partial charge in [0.05, 0.1) is 12.6 Å². The summed E-state index contributed by atoms with van der Waals surface area (Å²) in [7, 11) is 0. The fourth-order valence-electron chi connectivity index (χ4n) is 2.32. The van der Waals surface area contributed by atoms with E-state index in [1.54, 1.807) is 25.1 Å². The van der Waals surface area contributed by atoms with Crippen LogP contribution >= 0.6 is 0 Å². The first-order valence-corrected chi connectivity index (χ1v) is 6.64. The molecule has 0 spiro atoms. The predicted octanol–water partition coefficient (Wildman–Crippen LogP) is 2.38. The summed E-state index contributed by atoms with van der Waals surface area (Å²) < 4.78 is 5.61. The first-order chi connectivity index (χ1) is 9.49. The lowest BCUT2D eigenvalue weighted by molar-refractivity contribution is 0.0695. The van der Waals surface area contributed by atoms with Crippen LogP contribution in [0.5, 0.6) is 0 Å². The number of hydrogen-bond donors (Lipinski definition) is 3. The molecule has 1 heterocycles. The van der Waals surface area contributed by atoms with Crippen molar-refractivity contribution in [1.29, 1.82) is 0 Å². The van der Waals surface area contributed by atoms with E-state index in [1.165, 1.54) is 0 Å². The van der Waals surface area contributed by atoms with Gasteiger partial charge < -0.3 is 19.9 Å². The van der Waals surface area contributed by atoms with Gasteiger partial charge in [-0.2, -0.15) is 0 Å². The molecular weight excluding hydrogens is 258 g/mol. The van der Waals surface area contributed by atoms with Gasteiger partial charge >= 0.3 is 5.97 Å². The summed E-state index contributed by atoms with van der Waals surface area (Å²) in [5.74, 6) is -0.578. The monoisotopic (exact) mass is 277 g/mol. The quantitative estimate of drug-likeness (QED) is 0.755. The maximum absolute atomic E-state index is 11.4. The molecule has 0 aliphatic heterocycles. The van der Waals surface area contributed by atoms with Crippen molar-refractivity contribution in [3.05, 3.63) is 35.6 Å². The molecule has 1 aromatic heterocycles. The fourth-order valence-corrected chi connectivity index (χ4v) is 2.32. The highest BCUT2D eigenvalue weighted by Gasteiger charge is 2.20. The zero-order valence-corrected chi connectivity index (χ0v) is 11.6. The lowest BCUT2D eigenvalue weighted by atomic mass is 10.1. The number of hydrogen-bond acceptors (Lipinski definition) is 4. The van der Waals surface area contributed by atoms with E-state index in [4.69, 9.17) is 4.42 Å². The van der Waals surface area contributed by atoms with E-state index in [0.29, 0.717) is 29.7 Å². The van der Waals surface area contributed by atoms with Crippen molar-refractivity contribution < 1.29 is 19.4 Å². The van der Waals surface area contributed by atoms with Gasteiger partial charge in [0, 0.05) is 11.4 Å². The van der Waals surface area contributed by atoms with Crippen molar-refractivity contribution >= 4 is 16.9 Å². The minimum Gasteiger partial charge on any atom is -0.478 e. The van der Waals surface area contributed by atoms with Crippen molar-refractivity contribution in [1.82, 2.24) is 5.32 Å². The summed E-state index contributed by atoms with van der Waals surface area (Å²) in [6, 6.07) is 7.17. The molecule has 0 saturated carbocycles. The Kier molecular flexibility index (Phi) is 4.42. The van der Waals surface area contributed by atoms with E-state index in [0.717, 1.165) is 0 Å². The Hall–Kier alpha value is -1.85. The van der Waals surface area contributed by atoms with Crippen molar-refractivity contribution in [3.63, 3.8) is 0 Å². The standard InChI is InChI=1S/C15H19NO4/c1-9(7-10(2)17)16-8-13-14(15(18)19)11-5-3-4-6-12(11)20-13/h3-6,9-10,16-17H,7-8H2,1-2H3,(H,18,19). The van der Waals surface area contributed by atoms with Crippen LogP contribution < -0.4 is 5.32 Å². The summed E-state index contributed by atoms with van der Waals surface area (Å²) >= 11 is 0. The number of carboxylic acid groups (broad SMARTS) is 1. The van der Waals surface area contributed by atoms with Gasteiger partial charge in [-0.1, -0.05) is 18.2 Å². The molecule has 0 aliphatic carbocycles. The zero-order valence-electron chi connectivity index (χ0n) is 11.6. The van der Waals surface area contributed by atoms with Crippen LogP contribution in [-0.2, 0) is 6.54 Å². The SMILES string of the molecule is CC(O)CC(C)NCc1oc2ccccc2c1C(=O)O. The number of furan rings is 1. The molecule has 0 aliphatic rings. The molecule has 20 heavy (non-hydrogen) atoms. The second kappa shape index (κ2) is 6.07. The third kappa shape index (κ3) is 3.18. The van der Waals surface area contributed by atoms with Crippen LogP contribution in [0.25, 0.3) is 11.0 Å². The van der Waals surface area contributed by atoms with Crippen LogP contribution in [0.2, 0.25) is 0 Å². The third-order valence-electron chi connectivity index (χ3n) is 3.19. The molecule has 108 valence electrons. The summed E-state index contributed by atoms with van der Waals surface area (Å²) in [5.41, 5.74) is 0.780. The van der Waals surface area contributed by atoms with Crippen molar-refractivity contribution in [2.45, 2.75) is 39.0 Å². The minimum absolute atomic E-state index is 0.0739. The Morgan fingerprint density at radius 2 is 2.05 bits per heavy atom. The Balaban J connectivity index is 2.21. The van der Waals surface area contributed by atoms with Crippen LogP contribution in [0.3, 0.4) is 0 Å². The first kappa shape index (κ1) is 14.6. The molecule has 3 N–H and O–H groups in total. The lowest BCUT2D eigenvalue weighted by Gasteiger charge is -2.14. The maximum Gasteiger partial charge on any atom is 0.339 e. The van der Waals surface area contributed by atoms with E-state index in [9.17, 15) is 15.0 Å². The fraction of sp³-hybridized carbons (Fsp3) is 0.400. The van der Waals surface area contributed by atoms with Crippen LogP contribution in [0.4, 0.5) is 0 Å². The van der Waals surface area contributed by atoms with Gasteiger partial charge in [-0.15, -0.1) is 0 Å². The number of aromatic carboxylic acids is 1. The van der Waals surface area contributed by atoms with Gasteiger partial charge in [0.1, 0.15) is 16.9 Å². The molecule has 5 nitrogen and oxygen atoms in total. The van der Waals surface area contributed by atoms with E-state index in [1.807, 2.05) is 13.0 Å². The molecule has 1 aromatic carbocycles. The number of aliphatic hydroxyl groups is 1. The van der Waals surface area contributed by atoms with Crippen molar-refractivity contribution in [3.8, 4) is 0 Å². The summed E-state index contributed by atoms with van der Waals surface area (Å²) in [4.78, 5) is 11.4. The van der Waals surface area contributed by atoms with Gasteiger partial charge in [-0.05, 0) is 26.3 Å². The number of rotatable bonds is 6. The van der Waals surface area contributed by atoms with Crippen LogP contribution in [0, 0.1) is 0 Å². The number of nitrogens with one attached hydrogen (secondary N) is 1. The zero-order chi connectivity index (χ0) is 14.7. The van der Waals surface area contributed by atoms with E-state index in [-0.39, 0.29) is 11.6 Å². The topological polar surface area (TPSA) is 82.7 Å². The lowest BCUT2D eigenvalue weighted by Crippen LogP contribution is -2.29. The maximum atomic E-state index is 11.4. The summed E-state index contributed by atoms with van der Waals surface area (Å²) in [6.45, 7) is 3.99. The Bertz CT molecular complexity index is 603. The molecule has 2 rings (SSSR count). The highest BCUT2D eigenvalue weighted by atomic mass is 16.4. The van der Waals surface area contributed by atoms with Gasteiger partial charge in [0.2, 0.25) is 0 Å². The third-order valence-corrected chi connectivity index (χ3v) is 3.19. The van der Waals surface area contributed by atoms with Crippen LogP contribution in [0.1, 0.15) is 36.4 Å². The second-order valence-electron chi connectivity index (χ2n) is 5.07. The average Bonchev–Trinajstić information content (AvgIpc) is 2.73. The van der Waals surface area contributed by atoms with Crippen LogP contribution in [0.15, 0.2) is 28.7 Å². The largest absolute Gasteiger partial charge is 0.478 e. The second-order valence-corrected chi connectivity index (χ2v) is 5.07. The van der Waals surface area contributed by atoms with E-state index >= 15 is 0 Å². The molecule has 0 radical (unpaired) electrons. The van der Waals surface area contributed by atoms with Gasteiger partial charge in [-0.3, -0.25) is 0 Å². The molecule has 2 unspecified atom stereocenters. The molecular formula is C15H19NO4. The normalized spacial score (nSPS) is 14.3. The number of carboxylic acids is 1. The highest BCUT2D eigenvalue weighted by molar-refractivity contribution is 6.03. The summed E-state index contributed by atoms with van der Waals surface area (Å²) in [5, 5.41) is 22.4. The smallest absolute Gasteiger partial charge is 0.339 e. The average molecular weight is 277 g/mol. The Labute approximate surface area is 117 Å². The van der Waals surface area contributed by atoms with Gasteiger partial charge in [0.25, 0.3) is 0 Å². The highest BCUT2D eigenvalue weighted by Crippen LogP contribution is 2.25. The number of para-hydroxylation sites is 1. The molecule has 0 bridgehead atoms. The van der Waals surface area contributed by atoms with Crippen molar-refractivity contribution in [2.75, 3.05) is 0 Å². The molecule has 0 saturated heterocycles. The Morgan fingerprint density at radius 3 is 2.70 bits per heavy atom. The molecule has 0 fully saturated rings. The molecule has 2 atom stereocenters. The molecule has 2 aromatic rings. The number of benzene rings is 1. The van der Waals surface area contributed by atoms with E-state index in [2.05, 4.69) is 5.32 Å². The first-order valence-electron chi connectivity index (χ1n) is 6.64. The van der Waals surface area contributed by atoms with Gasteiger partial charge in [0.15, 0.2) is 0 Å². The van der Waals surface area contributed by atoms with Crippen LogP contribution in [-0.4, -0.2) is 28.3 Å². The van der Waals surface area contributed by atoms with Crippen molar-refractivity contribution in [2.24, 2.45) is 0 Å². The number of fused-ring (bicyclic) bond motifs is 1. The molecule has 0 amide bonds. The predicted molar refractivity (Wildman–Crippen MR) is 75.8 cm³/mol. The van der Waals surface area contributed by atoms with E-state index < -0.39 is 12.1 Å². The summed E-state index contributed by atoms with van der Waals surface area (Å²) in [6.07, 6.45) is 0.204.